The number of nitrogens with one attached hydrogen (secondary N) is 1. The molecule has 0 radical (unpaired) electrons. The van der Waals surface area contributed by atoms with Crippen LogP contribution < -0.4 is 5.32 Å². The lowest BCUT2D eigenvalue weighted by Gasteiger charge is -2.33. The summed E-state index contributed by atoms with van der Waals surface area (Å²) in [4.78, 5) is 15.8. The van der Waals surface area contributed by atoms with E-state index < -0.39 is 0 Å². The van der Waals surface area contributed by atoms with Crippen LogP contribution in [0.5, 0.6) is 0 Å². The Labute approximate surface area is 140 Å². The lowest BCUT2D eigenvalue weighted by molar-refractivity contribution is -0.132. The van der Waals surface area contributed by atoms with E-state index in [0.29, 0.717) is 12.5 Å². The summed E-state index contributed by atoms with van der Waals surface area (Å²) in [5.74, 6) is -0.0877. The van der Waals surface area contributed by atoms with Crippen molar-refractivity contribution < 1.29 is 9.18 Å². The van der Waals surface area contributed by atoms with Crippen molar-refractivity contribution in [3.8, 4) is 0 Å². The number of amides is 1. The number of hydrogen-bond donors (Lipinski definition) is 1. The van der Waals surface area contributed by atoms with Gasteiger partial charge in [-0.25, -0.2) is 4.39 Å². The van der Waals surface area contributed by atoms with Crippen molar-refractivity contribution in [1.29, 1.82) is 0 Å². The van der Waals surface area contributed by atoms with Gasteiger partial charge in [0, 0.05) is 42.9 Å². The second kappa shape index (κ2) is 7.23. The van der Waals surface area contributed by atoms with E-state index in [-0.39, 0.29) is 17.6 Å². The fraction of sp³-hybridized carbons (Fsp3) is 0.389. The minimum absolute atomic E-state index is 0.00621. The number of carbonyl (C=O) groups excluding carboxylic acids is 1. The highest BCUT2D eigenvalue weighted by atomic mass is 32.1. The maximum atomic E-state index is 13.2. The summed E-state index contributed by atoms with van der Waals surface area (Å²) in [6.45, 7) is 4.44. The van der Waals surface area contributed by atoms with E-state index in [0.717, 1.165) is 30.1 Å². The number of carbonyl (C=O) groups is 1. The summed E-state index contributed by atoms with van der Waals surface area (Å²) in [7, 11) is 0. The zero-order valence-electron chi connectivity index (χ0n) is 13.2. The Morgan fingerprint density at radius 2 is 2.17 bits per heavy atom. The van der Waals surface area contributed by atoms with Crippen LogP contribution in [-0.4, -0.2) is 36.5 Å². The topological polar surface area (TPSA) is 32.3 Å². The molecule has 1 aliphatic heterocycles. The molecule has 1 N–H and O–H groups in total. The fourth-order valence-electron chi connectivity index (χ4n) is 3.03. The molecule has 1 aromatic carbocycles. The molecule has 2 aromatic rings. The van der Waals surface area contributed by atoms with Crippen molar-refractivity contribution >= 4 is 17.2 Å². The molecule has 1 saturated heterocycles. The van der Waals surface area contributed by atoms with Gasteiger partial charge in [0.1, 0.15) is 5.82 Å². The minimum atomic E-state index is -0.249. The third-order valence-electron chi connectivity index (χ3n) is 4.26. The molecule has 2 unspecified atom stereocenters. The normalized spacial score (nSPS) is 19.6. The first-order chi connectivity index (χ1) is 11.1. The zero-order chi connectivity index (χ0) is 16.2. The molecule has 0 spiro atoms. The van der Waals surface area contributed by atoms with Crippen molar-refractivity contribution in [3.63, 3.8) is 0 Å². The van der Waals surface area contributed by atoms with Gasteiger partial charge in [0.2, 0.25) is 5.91 Å². The van der Waals surface area contributed by atoms with Gasteiger partial charge in [0.25, 0.3) is 0 Å². The highest BCUT2D eigenvalue weighted by Crippen LogP contribution is 2.32. The van der Waals surface area contributed by atoms with Crippen LogP contribution in [-0.2, 0) is 4.79 Å². The number of hydrogen-bond acceptors (Lipinski definition) is 3. The molecule has 2 heterocycles. The SMILES string of the molecule is CC1CN(C(=O)CC(c2ccc(F)cc2)c2cccs2)CCN1. The molecular formula is C18H21FN2OS. The monoisotopic (exact) mass is 332 g/mol. The summed E-state index contributed by atoms with van der Waals surface area (Å²) in [5, 5.41) is 5.37. The van der Waals surface area contributed by atoms with E-state index in [1.165, 1.54) is 12.1 Å². The van der Waals surface area contributed by atoms with Crippen LogP contribution in [0.2, 0.25) is 0 Å². The van der Waals surface area contributed by atoms with Crippen LogP contribution in [0.15, 0.2) is 41.8 Å². The van der Waals surface area contributed by atoms with Gasteiger partial charge < -0.3 is 10.2 Å². The first kappa shape index (κ1) is 16.1. The van der Waals surface area contributed by atoms with Crippen molar-refractivity contribution in [1.82, 2.24) is 10.2 Å². The van der Waals surface area contributed by atoms with E-state index in [1.807, 2.05) is 22.4 Å². The maximum Gasteiger partial charge on any atom is 0.223 e. The molecule has 2 atom stereocenters. The lowest BCUT2D eigenvalue weighted by Crippen LogP contribution is -2.51. The Kier molecular flexibility index (Phi) is 5.08. The third kappa shape index (κ3) is 3.98. The molecule has 1 fully saturated rings. The van der Waals surface area contributed by atoms with Crippen LogP contribution in [0.1, 0.15) is 29.7 Å². The summed E-state index contributed by atoms with van der Waals surface area (Å²) >= 11 is 1.64. The van der Waals surface area contributed by atoms with E-state index in [1.54, 1.807) is 23.5 Å². The van der Waals surface area contributed by atoms with Gasteiger partial charge in [-0.1, -0.05) is 18.2 Å². The molecule has 1 aliphatic rings. The van der Waals surface area contributed by atoms with E-state index in [2.05, 4.69) is 12.2 Å². The molecule has 0 bridgehead atoms. The van der Waals surface area contributed by atoms with Gasteiger partial charge in [0.15, 0.2) is 0 Å². The number of thiophene rings is 1. The molecule has 1 aromatic heterocycles. The Hall–Kier alpha value is -1.72. The molecule has 3 rings (SSSR count). The van der Waals surface area contributed by atoms with Gasteiger partial charge >= 0.3 is 0 Å². The first-order valence-corrected chi connectivity index (χ1v) is 8.81. The summed E-state index contributed by atoms with van der Waals surface area (Å²) in [5.41, 5.74) is 0.991. The highest BCUT2D eigenvalue weighted by Gasteiger charge is 2.25. The highest BCUT2D eigenvalue weighted by molar-refractivity contribution is 7.10. The fourth-order valence-corrected chi connectivity index (χ4v) is 3.88. The van der Waals surface area contributed by atoms with Gasteiger partial charge in [-0.15, -0.1) is 11.3 Å². The molecule has 1 amide bonds. The molecule has 23 heavy (non-hydrogen) atoms. The van der Waals surface area contributed by atoms with Crippen molar-refractivity contribution in [2.45, 2.75) is 25.3 Å². The smallest absolute Gasteiger partial charge is 0.223 e. The zero-order valence-corrected chi connectivity index (χ0v) is 14.0. The largest absolute Gasteiger partial charge is 0.340 e. The van der Waals surface area contributed by atoms with Gasteiger partial charge in [-0.3, -0.25) is 4.79 Å². The Bertz CT molecular complexity index is 642. The van der Waals surface area contributed by atoms with Gasteiger partial charge in [-0.2, -0.15) is 0 Å². The number of rotatable bonds is 4. The number of nitrogens with zero attached hydrogens (tertiary/aromatic N) is 1. The molecule has 3 nitrogen and oxygen atoms in total. The van der Waals surface area contributed by atoms with E-state index >= 15 is 0 Å². The van der Waals surface area contributed by atoms with Crippen LogP contribution in [0.25, 0.3) is 0 Å². The summed E-state index contributed by atoms with van der Waals surface area (Å²) in [6.07, 6.45) is 0.429. The standard InChI is InChI=1S/C18H21FN2OS/c1-13-12-21(9-8-20-13)18(22)11-16(17-3-2-10-23-17)14-4-6-15(19)7-5-14/h2-7,10,13,16,20H,8-9,11-12H2,1H3. The number of benzene rings is 1. The second-order valence-electron chi connectivity index (χ2n) is 6.02. The summed E-state index contributed by atoms with van der Waals surface area (Å²) in [6, 6.07) is 10.9. The minimum Gasteiger partial charge on any atom is -0.340 e. The Morgan fingerprint density at radius 3 is 2.83 bits per heavy atom. The predicted octanol–water partition coefficient (Wildman–Crippen LogP) is 3.23. The Balaban J connectivity index is 1.79. The molecule has 0 aliphatic carbocycles. The molecule has 122 valence electrons. The number of halogens is 1. The van der Waals surface area contributed by atoms with E-state index in [4.69, 9.17) is 0 Å². The van der Waals surface area contributed by atoms with Gasteiger partial charge in [0.05, 0.1) is 0 Å². The maximum absolute atomic E-state index is 13.2. The molecule has 5 heteroatoms. The number of piperazine rings is 1. The van der Waals surface area contributed by atoms with Gasteiger partial charge in [-0.05, 0) is 36.1 Å². The van der Waals surface area contributed by atoms with Crippen LogP contribution >= 0.6 is 11.3 Å². The van der Waals surface area contributed by atoms with Crippen molar-refractivity contribution in [2.24, 2.45) is 0 Å². The summed E-state index contributed by atoms with van der Waals surface area (Å²) < 4.78 is 13.2. The predicted molar refractivity (Wildman–Crippen MR) is 91.2 cm³/mol. The second-order valence-corrected chi connectivity index (χ2v) is 7.00. The van der Waals surface area contributed by atoms with E-state index in [9.17, 15) is 9.18 Å². The third-order valence-corrected chi connectivity index (χ3v) is 5.25. The quantitative estimate of drug-likeness (QED) is 0.932. The first-order valence-electron chi connectivity index (χ1n) is 7.93. The van der Waals surface area contributed by atoms with Crippen molar-refractivity contribution in [3.05, 3.63) is 58.0 Å². The Morgan fingerprint density at radius 1 is 1.39 bits per heavy atom. The average Bonchev–Trinajstić information content (AvgIpc) is 3.07. The van der Waals surface area contributed by atoms with Crippen LogP contribution in [0, 0.1) is 5.82 Å². The van der Waals surface area contributed by atoms with Crippen LogP contribution in [0.4, 0.5) is 4.39 Å². The van der Waals surface area contributed by atoms with Crippen LogP contribution in [0.3, 0.4) is 0 Å². The molecular weight excluding hydrogens is 311 g/mol. The lowest BCUT2D eigenvalue weighted by atomic mass is 9.93. The molecule has 0 saturated carbocycles. The van der Waals surface area contributed by atoms with Crippen molar-refractivity contribution in [2.75, 3.05) is 19.6 Å². The average molecular weight is 332 g/mol.